The minimum Gasteiger partial charge on any atom is -0.431 e. The van der Waals surface area contributed by atoms with Crippen molar-refractivity contribution in [3.05, 3.63) is 106 Å². The van der Waals surface area contributed by atoms with Gasteiger partial charge in [-0.1, -0.05) is 49.2 Å². The number of allylic oxidation sites excluding steroid dienone is 7. The number of carbonyl (C=O) groups excluding carboxylic acids is 1. The van der Waals surface area contributed by atoms with Crippen molar-refractivity contribution in [1.29, 1.82) is 0 Å². The van der Waals surface area contributed by atoms with Crippen LogP contribution in [0.25, 0.3) is 0 Å². The summed E-state index contributed by atoms with van der Waals surface area (Å²) in [6.45, 7) is 23.3. The Kier molecular flexibility index (Phi) is 8.54. The fourth-order valence-corrected chi connectivity index (χ4v) is 7.07. The molecule has 0 unspecified atom stereocenters. The van der Waals surface area contributed by atoms with E-state index < -0.39 is 6.16 Å². The minimum absolute atomic E-state index is 0.140. The summed E-state index contributed by atoms with van der Waals surface area (Å²) in [4.78, 5) is 15.2. The molecule has 0 atom stereocenters. The van der Waals surface area contributed by atoms with E-state index in [4.69, 9.17) is 9.47 Å². The zero-order chi connectivity index (χ0) is 32.0. The third-order valence-electron chi connectivity index (χ3n) is 9.38. The molecule has 232 valence electrons. The standard InChI is InChI=1S/C39H49N2O3/c1-11-40-32-19-13-26(5)23-30(32)38(7,8)34(40)21-17-28-15-16-29(36(28)44-37(42)43-25(3)4)18-22-35-39(9,10)31-24-27(6)14-20-33(31)41(35)12-2/h13-14,17-25H,11-12,15-16H2,1-10H3/q+1. The molecular weight excluding hydrogens is 544 g/mol. The molecule has 0 bridgehead atoms. The molecule has 0 amide bonds. The van der Waals surface area contributed by atoms with Crippen LogP contribution >= 0.6 is 0 Å². The van der Waals surface area contributed by atoms with Gasteiger partial charge in [-0.3, -0.25) is 0 Å². The molecule has 44 heavy (non-hydrogen) atoms. The van der Waals surface area contributed by atoms with Gasteiger partial charge in [-0.25, -0.2) is 4.79 Å². The first-order valence-corrected chi connectivity index (χ1v) is 16.2. The van der Waals surface area contributed by atoms with E-state index >= 15 is 0 Å². The van der Waals surface area contributed by atoms with Crippen molar-refractivity contribution < 1.29 is 18.8 Å². The lowest BCUT2D eigenvalue weighted by molar-refractivity contribution is -0.433. The minimum atomic E-state index is -0.660. The van der Waals surface area contributed by atoms with Crippen LogP contribution in [0.3, 0.4) is 0 Å². The molecule has 0 fully saturated rings. The number of hydrogen-bond donors (Lipinski definition) is 0. The van der Waals surface area contributed by atoms with Crippen LogP contribution in [-0.2, 0) is 20.3 Å². The molecule has 2 heterocycles. The summed E-state index contributed by atoms with van der Waals surface area (Å²) in [6, 6.07) is 13.5. The number of hydrogen-bond acceptors (Lipinski definition) is 4. The number of aryl methyl sites for hydroxylation is 2. The van der Waals surface area contributed by atoms with Gasteiger partial charge in [-0.2, -0.15) is 4.58 Å². The first-order valence-electron chi connectivity index (χ1n) is 16.2. The number of benzene rings is 2. The van der Waals surface area contributed by atoms with Gasteiger partial charge in [0.15, 0.2) is 5.71 Å². The molecule has 0 radical (unpaired) electrons. The van der Waals surface area contributed by atoms with Crippen molar-refractivity contribution in [3.8, 4) is 0 Å². The van der Waals surface area contributed by atoms with Crippen molar-refractivity contribution in [1.82, 2.24) is 0 Å². The Hall–Kier alpha value is -3.86. The lowest BCUT2D eigenvalue weighted by Crippen LogP contribution is -2.27. The van der Waals surface area contributed by atoms with E-state index in [2.05, 4.69) is 126 Å². The number of ether oxygens (including phenoxy) is 2. The molecule has 5 nitrogen and oxygen atoms in total. The molecule has 2 aliphatic heterocycles. The van der Waals surface area contributed by atoms with Crippen LogP contribution in [0.15, 0.2) is 83.3 Å². The van der Waals surface area contributed by atoms with Gasteiger partial charge in [-0.15, -0.1) is 0 Å². The second kappa shape index (κ2) is 11.9. The van der Waals surface area contributed by atoms with Gasteiger partial charge in [0.05, 0.1) is 11.5 Å². The fourth-order valence-electron chi connectivity index (χ4n) is 7.07. The monoisotopic (exact) mass is 593 g/mol. The van der Waals surface area contributed by atoms with E-state index in [0.29, 0.717) is 5.76 Å². The summed E-state index contributed by atoms with van der Waals surface area (Å²) in [5.74, 6) is 0.615. The predicted octanol–water partition coefficient (Wildman–Crippen LogP) is 9.49. The Labute approximate surface area is 264 Å². The summed E-state index contributed by atoms with van der Waals surface area (Å²) in [7, 11) is 0. The quantitative estimate of drug-likeness (QED) is 0.237. The third-order valence-corrected chi connectivity index (χ3v) is 9.38. The second-order valence-corrected chi connectivity index (χ2v) is 13.6. The first-order chi connectivity index (χ1) is 20.8. The smallest absolute Gasteiger partial charge is 0.431 e. The molecule has 0 spiro atoms. The molecular formula is C39H49N2O3+. The predicted molar refractivity (Wildman–Crippen MR) is 181 cm³/mol. The average Bonchev–Trinajstić information content (AvgIpc) is 3.50. The van der Waals surface area contributed by atoms with Crippen molar-refractivity contribution in [2.45, 2.75) is 99.0 Å². The maximum Gasteiger partial charge on any atom is 0.514 e. The van der Waals surface area contributed by atoms with Gasteiger partial charge in [-0.05, 0) is 109 Å². The Balaban J connectivity index is 1.55. The van der Waals surface area contributed by atoms with E-state index in [1.165, 1.54) is 45.0 Å². The largest absolute Gasteiger partial charge is 0.514 e. The summed E-state index contributed by atoms with van der Waals surface area (Å²) < 4.78 is 13.8. The zero-order valence-electron chi connectivity index (χ0n) is 28.3. The second-order valence-electron chi connectivity index (χ2n) is 13.6. The van der Waals surface area contributed by atoms with Gasteiger partial charge in [0.2, 0.25) is 5.69 Å². The Morgan fingerprint density at radius 2 is 1.61 bits per heavy atom. The molecule has 5 heteroatoms. The molecule has 0 saturated carbocycles. The maximum atomic E-state index is 12.8. The highest BCUT2D eigenvalue weighted by molar-refractivity contribution is 6.03. The van der Waals surface area contributed by atoms with E-state index in [1.807, 2.05) is 13.8 Å². The van der Waals surface area contributed by atoms with Crippen molar-refractivity contribution in [3.63, 3.8) is 0 Å². The highest BCUT2D eigenvalue weighted by atomic mass is 16.7. The van der Waals surface area contributed by atoms with E-state index in [1.54, 1.807) is 0 Å². The highest BCUT2D eigenvalue weighted by Gasteiger charge is 2.44. The molecule has 2 aromatic rings. The Bertz CT molecular complexity index is 1650. The van der Waals surface area contributed by atoms with Gasteiger partial charge in [0.25, 0.3) is 0 Å². The van der Waals surface area contributed by atoms with Gasteiger partial charge in [0, 0.05) is 41.1 Å². The molecule has 1 aliphatic carbocycles. The number of nitrogens with zero attached hydrogens (tertiary/aromatic N) is 2. The summed E-state index contributed by atoms with van der Waals surface area (Å²) in [5, 5.41) is 0. The van der Waals surface area contributed by atoms with Crippen LogP contribution in [-0.4, -0.2) is 35.6 Å². The molecule has 2 aromatic carbocycles. The summed E-state index contributed by atoms with van der Waals surface area (Å²) >= 11 is 0. The van der Waals surface area contributed by atoms with E-state index in [-0.39, 0.29) is 16.9 Å². The summed E-state index contributed by atoms with van der Waals surface area (Å²) in [6.07, 6.45) is 9.43. The molecule has 3 aliphatic rings. The van der Waals surface area contributed by atoms with Gasteiger partial charge in [0.1, 0.15) is 12.3 Å². The van der Waals surface area contributed by atoms with Gasteiger partial charge >= 0.3 is 6.16 Å². The van der Waals surface area contributed by atoms with Crippen LogP contribution in [0.4, 0.5) is 16.2 Å². The van der Waals surface area contributed by atoms with Crippen LogP contribution in [0.5, 0.6) is 0 Å². The fraction of sp³-hybridized carbons (Fsp3) is 0.436. The van der Waals surface area contributed by atoms with Crippen molar-refractivity contribution in [2.24, 2.45) is 0 Å². The highest BCUT2D eigenvalue weighted by Crippen LogP contribution is 2.48. The first kappa shape index (κ1) is 31.6. The Morgan fingerprint density at radius 1 is 0.932 bits per heavy atom. The normalized spacial score (nSPS) is 20.5. The van der Waals surface area contributed by atoms with Gasteiger partial charge < -0.3 is 14.4 Å². The summed E-state index contributed by atoms with van der Waals surface area (Å²) in [5.41, 5.74) is 12.0. The number of anilines is 1. The topological polar surface area (TPSA) is 41.8 Å². The van der Waals surface area contributed by atoms with Crippen LogP contribution in [0, 0.1) is 13.8 Å². The Morgan fingerprint density at radius 3 is 2.27 bits per heavy atom. The average molecular weight is 594 g/mol. The maximum absolute atomic E-state index is 12.8. The van der Waals surface area contributed by atoms with Crippen molar-refractivity contribution >= 4 is 23.2 Å². The van der Waals surface area contributed by atoms with Crippen molar-refractivity contribution in [2.75, 3.05) is 18.0 Å². The third kappa shape index (κ3) is 5.58. The molecule has 0 saturated heterocycles. The van der Waals surface area contributed by atoms with Crippen LogP contribution < -0.4 is 4.90 Å². The number of carbonyl (C=O) groups is 1. The number of likely N-dealkylation sites (N-methyl/N-ethyl adjacent to an activating group) is 1. The molecule has 5 rings (SSSR count). The van der Waals surface area contributed by atoms with Crippen LogP contribution in [0.2, 0.25) is 0 Å². The number of rotatable bonds is 7. The van der Waals surface area contributed by atoms with Crippen LogP contribution in [0.1, 0.15) is 90.5 Å². The van der Waals surface area contributed by atoms with E-state index in [9.17, 15) is 4.79 Å². The SMILES string of the molecule is CCN1/C(=C/C=C2\CCC(/C=C/C3=[N+](CC)c4ccc(C)cc4C3(C)C)=C2OC(=O)OC(C)C)C(C)(C)c2cc(C)ccc21. The lowest BCUT2D eigenvalue weighted by atomic mass is 9.80. The van der Waals surface area contributed by atoms with E-state index in [0.717, 1.165) is 37.1 Å². The molecule has 0 aromatic heterocycles. The lowest BCUT2D eigenvalue weighted by Gasteiger charge is -2.26. The number of fused-ring (bicyclic) bond motifs is 2. The molecule has 0 N–H and O–H groups in total. The zero-order valence-corrected chi connectivity index (χ0v) is 28.3.